The van der Waals surface area contributed by atoms with Crippen molar-refractivity contribution in [2.45, 2.75) is 0 Å². The summed E-state index contributed by atoms with van der Waals surface area (Å²) in [6.07, 6.45) is 0. The first-order chi connectivity index (χ1) is 10.1. The average molecular weight is 288 g/mol. The number of halogens is 1. The lowest BCUT2D eigenvalue weighted by atomic mass is 10.2. The van der Waals surface area contributed by atoms with Crippen molar-refractivity contribution in [1.29, 1.82) is 0 Å². The van der Waals surface area contributed by atoms with E-state index in [0.29, 0.717) is 0 Å². The predicted molar refractivity (Wildman–Crippen MR) is 76.2 cm³/mol. The van der Waals surface area contributed by atoms with Crippen molar-refractivity contribution in [3.63, 3.8) is 0 Å². The highest BCUT2D eigenvalue weighted by molar-refractivity contribution is 5.98. The first-order valence-corrected chi connectivity index (χ1v) is 6.13. The minimum absolute atomic E-state index is 0.191. The van der Waals surface area contributed by atoms with Crippen LogP contribution < -0.4 is 11.1 Å². The van der Waals surface area contributed by atoms with Gasteiger partial charge in [0.25, 0.3) is 5.91 Å². The van der Waals surface area contributed by atoms with Crippen molar-refractivity contribution < 1.29 is 18.7 Å². The van der Waals surface area contributed by atoms with Gasteiger partial charge in [-0.05, 0) is 30.3 Å². The molecule has 0 heterocycles. The van der Waals surface area contributed by atoms with Crippen molar-refractivity contribution in [3.05, 3.63) is 59.9 Å². The van der Waals surface area contributed by atoms with E-state index in [4.69, 9.17) is 10.5 Å². The van der Waals surface area contributed by atoms with Gasteiger partial charge in [-0.25, -0.2) is 9.18 Å². The Morgan fingerprint density at radius 1 is 1.14 bits per heavy atom. The lowest BCUT2D eigenvalue weighted by Gasteiger charge is -2.07. The summed E-state index contributed by atoms with van der Waals surface area (Å²) in [4.78, 5) is 23.3. The predicted octanol–water partition coefficient (Wildman–Crippen LogP) is 2.20. The van der Waals surface area contributed by atoms with Crippen LogP contribution in [0.1, 0.15) is 10.4 Å². The van der Waals surface area contributed by atoms with E-state index in [1.165, 1.54) is 24.3 Å². The number of benzene rings is 2. The SMILES string of the molecule is Nc1ccccc1C(=O)OCC(=O)Nc1cccc(F)c1. The number of hydrogen-bond acceptors (Lipinski definition) is 4. The largest absolute Gasteiger partial charge is 0.452 e. The van der Waals surface area contributed by atoms with Gasteiger partial charge < -0.3 is 15.8 Å². The summed E-state index contributed by atoms with van der Waals surface area (Å²) in [5.74, 6) is -1.73. The summed E-state index contributed by atoms with van der Waals surface area (Å²) in [7, 11) is 0. The molecule has 5 nitrogen and oxygen atoms in total. The molecule has 0 fully saturated rings. The number of para-hydroxylation sites is 1. The summed E-state index contributed by atoms with van der Waals surface area (Å²) < 4.78 is 17.8. The van der Waals surface area contributed by atoms with Crippen LogP contribution in [0.15, 0.2) is 48.5 Å². The van der Waals surface area contributed by atoms with E-state index >= 15 is 0 Å². The van der Waals surface area contributed by atoms with Gasteiger partial charge in [-0.15, -0.1) is 0 Å². The fourth-order valence-corrected chi connectivity index (χ4v) is 1.66. The fraction of sp³-hybridized carbons (Fsp3) is 0.0667. The maximum absolute atomic E-state index is 12.9. The van der Waals surface area contributed by atoms with Gasteiger partial charge in [-0.2, -0.15) is 0 Å². The number of amides is 1. The number of carbonyl (C=O) groups is 2. The number of hydrogen-bond donors (Lipinski definition) is 2. The fourth-order valence-electron chi connectivity index (χ4n) is 1.66. The Hall–Kier alpha value is -2.89. The Bertz CT molecular complexity index is 673. The maximum Gasteiger partial charge on any atom is 0.340 e. The molecule has 21 heavy (non-hydrogen) atoms. The molecular formula is C15H13FN2O3. The second kappa shape index (κ2) is 6.51. The molecule has 0 aliphatic heterocycles. The van der Waals surface area contributed by atoms with Gasteiger partial charge >= 0.3 is 5.97 Å². The Balaban J connectivity index is 1.90. The zero-order valence-corrected chi connectivity index (χ0v) is 11.0. The number of esters is 1. The van der Waals surface area contributed by atoms with E-state index in [-0.39, 0.29) is 16.9 Å². The van der Waals surface area contributed by atoms with Crippen LogP contribution in [0.5, 0.6) is 0 Å². The Labute approximate surface area is 120 Å². The topological polar surface area (TPSA) is 81.4 Å². The van der Waals surface area contributed by atoms with Crippen LogP contribution in [0.2, 0.25) is 0 Å². The van der Waals surface area contributed by atoms with Crippen LogP contribution >= 0.6 is 0 Å². The second-order valence-electron chi connectivity index (χ2n) is 4.22. The maximum atomic E-state index is 12.9. The molecular weight excluding hydrogens is 275 g/mol. The van der Waals surface area contributed by atoms with Crippen LogP contribution in [-0.2, 0) is 9.53 Å². The quantitative estimate of drug-likeness (QED) is 0.667. The van der Waals surface area contributed by atoms with Crippen molar-refractivity contribution in [2.75, 3.05) is 17.7 Å². The van der Waals surface area contributed by atoms with Crippen LogP contribution in [-0.4, -0.2) is 18.5 Å². The smallest absolute Gasteiger partial charge is 0.340 e. The zero-order chi connectivity index (χ0) is 15.2. The van der Waals surface area contributed by atoms with Gasteiger partial charge in [-0.1, -0.05) is 18.2 Å². The molecule has 0 aliphatic carbocycles. The van der Waals surface area contributed by atoms with Crippen molar-refractivity contribution in [1.82, 2.24) is 0 Å². The Morgan fingerprint density at radius 2 is 1.90 bits per heavy atom. The molecule has 1 amide bonds. The van der Waals surface area contributed by atoms with E-state index in [2.05, 4.69) is 5.32 Å². The normalized spacial score (nSPS) is 9.95. The molecule has 108 valence electrons. The van der Waals surface area contributed by atoms with Gasteiger partial charge in [0.1, 0.15) is 5.82 Å². The summed E-state index contributed by atoms with van der Waals surface area (Å²) in [5.41, 5.74) is 6.37. The van der Waals surface area contributed by atoms with Crippen LogP contribution in [0.4, 0.5) is 15.8 Å². The number of rotatable bonds is 4. The molecule has 0 spiro atoms. The van der Waals surface area contributed by atoms with Gasteiger partial charge in [0.05, 0.1) is 5.56 Å². The summed E-state index contributed by atoms with van der Waals surface area (Å²) in [6.45, 7) is -0.482. The Morgan fingerprint density at radius 3 is 2.62 bits per heavy atom. The molecule has 0 aliphatic rings. The minimum Gasteiger partial charge on any atom is -0.452 e. The molecule has 2 aromatic rings. The molecule has 0 atom stereocenters. The molecule has 0 radical (unpaired) electrons. The standard InChI is InChI=1S/C15H13FN2O3/c16-10-4-3-5-11(8-10)18-14(19)9-21-15(20)12-6-1-2-7-13(12)17/h1-8H,9,17H2,(H,18,19). The van der Waals surface area contributed by atoms with Gasteiger partial charge in [0, 0.05) is 11.4 Å². The third-order valence-corrected chi connectivity index (χ3v) is 2.62. The zero-order valence-electron chi connectivity index (χ0n) is 11.0. The molecule has 0 bridgehead atoms. The average Bonchev–Trinajstić information content (AvgIpc) is 2.45. The van der Waals surface area contributed by atoms with Crippen molar-refractivity contribution in [2.24, 2.45) is 0 Å². The number of nitrogen functional groups attached to an aromatic ring is 1. The van der Waals surface area contributed by atoms with Gasteiger partial charge in [0.15, 0.2) is 6.61 Å². The number of carbonyl (C=O) groups excluding carboxylic acids is 2. The molecule has 0 aromatic heterocycles. The minimum atomic E-state index is -0.692. The van der Waals surface area contributed by atoms with Gasteiger partial charge in [-0.3, -0.25) is 4.79 Å². The van der Waals surface area contributed by atoms with E-state index in [1.807, 2.05) is 0 Å². The monoisotopic (exact) mass is 288 g/mol. The lowest BCUT2D eigenvalue weighted by Crippen LogP contribution is -2.21. The van der Waals surface area contributed by atoms with E-state index in [0.717, 1.165) is 6.07 Å². The van der Waals surface area contributed by atoms with Crippen LogP contribution in [0, 0.1) is 5.82 Å². The second-order valence-corrected chi connectivity index (χ2v) is 4.22. The number of nitrogens with two attached hydrogens (primary N) is 1. The highest BCUT2D eigenvalue weighted by Gasteiger charge is 2.12. The van der Waals surface area contributed by atoms with E-state index in [9.17, 15) is 14.0 Å². The van der Waals surface area contributed by atoms with E-state index < -0.39 is 24.3 Å². The van der Waals surface area contributed by atoms with Gasteiger partial charge in [0.2, 0.25) is 0 Å². The molecule has 2 aromatic carbocycles. The van der Waals surface area contributed by atoms with Crippen LogP contribution in [0.3, 0.4) is 0 Å². The highest BCUT2D eigenvalue weighted by Crippen LogP contribution is 2.12. The summed E-state index contributed by atoms with van der Waals surface area (Å²) >= 11 is 0. The number of nitrogens with one attached hydrogen (secondary N) is 1. The highest BCUT2D eigenvalue weighted by atomic mass is 19.1. The molecule has 2 rings (SSSR count). The lowest BCUT2D eigenvalue weighted by molar-refractivity contribution is -0.119. The Kier molecular flexibility index (Phi) is 4.50. The van der Waals surface area contributed by atoms with Crippen molar-refractivity contribution >= 4 is 23.3 Å². The van der Waals surface area contributed by atoms with E-state index in [1.54, 1.807) is 18.2 Å². The first-order valence-electron chi connectivity index (χ1n) is 6.13. The molecule has 0 unspecified atom stereocenters. The first kappa shape index (κ1) is 14.5. The molecule has 3 N–H and O–H groups in total. The third-order valence-electron chi connectivity index (χ3n) is 2.62. The molecule has 6 heteroatoms. The summed E-state index contributed by atoms with van der Waals surface area (Å²) in [5, 5.41) is 2.42. The number of ether oxygens (including phenoxy) is 1. The third kappa shape index (κ3) is 4.04. The van der Waals surface area contributed by atoms with Crippen molar-refractivity contribution in [3.8, 4) is 0 Å². The van der Waals surface area contributed by atoms with Crippen LogP contribution in [0.25, 0.3) is 0 Å². The number of anilines is 2. The summed E-state index contributed by atoms with van der Waals surface area (Å²) in [6, 6.07) is 11.8. The molecule has 0 saturated carbocycles. The molecule has 0 saturated heterocycles.